The van der Waals surface area contributed by atoms with Crippen LogP contribution in [0, 0.1) is 12.7 Å². The van der Waals surface area contributed by atoms with Crippen molar-refractivity contribution < 1.29 is 14.4 Å². The lowest BCUT2D eigenvalue weighted by molar-refractivity contribution is 0.315. The number of aromatic nitrogens is 1. The van der Waals surface area contributed by atoms with E-state index in [1.165, 1.54) is 12.1 Å². The van der Waals surface area contributed by atoms with Crippen LogP contribution in [0.3, 0.4) is 0 Å². The average Bonchev–Trinajstić information content (AvgIpc) is 2.40. The number of aryl methyl sites for hydroxylation is 1. The first-order valence-corrected chi connectivity index (χ1v) is 6.71. The molecular formula is C15H18BFN2O2. The number of nitrogens with zero attached hydrogens (tertiary/aromatic N) is 2. The molecule has 110 valence electrons. The van der Waals surface area contributed by atoms with E-state index in [1.807, 2.05) is 37.1 Å². The maximum absolute atomic E-state index is 13.4. The summed E-state index contributed by atoms with van der Waals surface area (Å²) < 4.78 is 13.4. The van der Waals surface area contributed by atoms with Crippen molar-refractivity contribution in [2.75, 3.05) is 7.05 Å². The molecule has 1 aromatic carbocycles. The molecule has 2 rings (SSSR count). The van der Waals surface area contributed by atoms with Gasteiger partial charge in [-0.15, -0.1) is 0 Å². The van der Waals surface area contributed by atoms with Gasteiger partial charge in [-0.2, -0.15) is 0 Å². The summed E-state index contributed by atoms with van der Waals surface area (Å²) in [6.45, 7) is 3.17. The van der Waals surface area contributed by atoms with Crippen LogP contribution < -0.4 is 5.46 Å². The van der Waals surface area contributed by atoms with Gasteiger partial charge in [0.2, 0.25) is 0 Å². The number of pyridine rings is 1. The van der Waals surface area contributed by atoms with Gasteiger partial charge in [-0.3, -0.25) is 9.88 Å². The lowest BCUT2D eigenvalue weighted by atomic mass is 9.79. The van der Waals surface area contributed by atoms with Gasteiger partial charge in [0.15, 0.2) is 0 Å². The minimum absolute atomic E-state index is 0.102. The lowest BCUT2D eigenvalue weighted by Crippen LogP contribution is -2.33. The Hall–Kier alpha value is -1.76. The van der Waals surface area contributed by atoms with Gasteiger partial charge in [0.25, 0.3) is 0 Å². The van der Waals surface area contributed by atoms with Crippen LogP contribution in [0.4, 0.5) is 4.39 Å². The summed E-state index contributed by atoms with van der Waals surface area (Å²) in [4.78, 5) is 6.46. The maximum Gasteiger partial charge on any atom is 0.491 e. The molecule has 6 heteroatoms. The number of benzene rings is 1. The van der Waals surface area contributed by atoms with Crippen molar-refractivity contribution in [2.45, 2.75) is 20.0 Å². The second kappa shape index (κ2) is 6.80. The molecule has 0 unspecified atom stereocenters. The maximum atomic E-state index is 13.4. The zero-order valence-corrected chi connectivity index (χ0v) is 12.1. The smallest absolute Gasteiger partial charge is 0.423 e. The second-order valence-corrected chi connectivity index (χ2v) is 5.17. The molecule has 0 radical (unpaired) electrons. The standard InChI is InChI=1S/C15H18BFN2O2/c1-11-4-3-5-13(18-11)10-19(2)9-12-6-7-15(17)14(8-12)16(20)21/h3-8,20-21H,9-10H2,1-2H3. The summed E-state index contributed by atoms with van der Waals surface area (Å²) in [6, 6.07) is 10.2. The summed E-state index contributed by atoms with van der Waals surface area (Å²) >= 11 is 0. The Morgan fingerprint density at radius 1 is 1.19 bits per heavy atom. The van der Waals surface area contributed by atoms with E-state index in [0.29, 0.717) is 13.1 Å². The Kier molecular flexibility index (Phi) is 5.06. The zero-order valence-electron chi connectivity index (χ0n) is 12.1. The molecule has 0 atom stereocenters. The third-order valence-corrected chi connectivity index (χ3v) is 3.17. The predicted octanol–water partition coefficient (Wildman–Crippen LogP) is 0.841. The first kappa shape index (κ1) is 15.6. The highest BCUT2D eigenvalue weighted by molar-refractivity contribution is 6.58. The largest absolute Gasteiger partial charge is 0.491 e. The minimum Gasteiger partial charge on any atom is -0.423 e. The van der Waals surface area contributed by atoms with Crippen LogP contribution in [-0.4, -0.2) is 34.1 Å². The van der Waals surface area contributed by atoms with Gasteiger partial charge in [-0.25, -0.2) is 4.39 Å². The van der Waals surface area contributed by atoms with Crippen LogP contribution in [0.1, 0.15) is 17.0 Å². The molecule has 0 aliphatic carbocycles. The summed E-state index contributed by atoms with van der Waals surface area (Å²) in [5.74, 6) is -0.614. The fraction of sp³-hybridized carbons (Fsp3) is 0.267. The van der Waals surface area contributed by atoms with Gasteiger partial charge in [0.05, 0.1) is 5.69 Å². The monoisotopic (exact) mass is 288 g/mol. The van der Waals surface area contributed by atoms with Crippen molar-refractivity contribution in [3.05, 3.63) is 59.2 Å². The molecule has 0 aliphatic rings. The van der Waals surface area contributed by atoms with E-state index in [2.05, 4.69) is 4.98 Å². The van der Waals surface area contributed by atoms with Crippen LogP contribution >= 0.6 is 0 Å². The predicted molar refractivity (Wildman–Crippen MR) is 80.4 cm³/mol. The number of halogens is 1. The van der Waals surface area contributed by atoms with E-state index in [4.69, 9.17) is 10.0 Å². The minimum atomic E-state index is -1.80. The molecule has 0 spiro atoms. The number of hydrogen-bond donors (Lipinski definition) is 2. The summed E-state index contributed by atoms with van der Waals surface area (Å²) in [7, 11) is 0.135. The van der Waals surface area contributed by atoms with E-state index in [9.17, 15) is 4.39 Å². The molecule has 0 saturated carbocycles. The first-order chi connectivity index (χ1) is 9.95. The average molecular weight is 288 g/mol. The fourth-order valence-corrected chi connectivity index (χ4v) is 2.22. The van der Waals surface area contributed by atoms with E-state index in [0.717, 1.165) is 17.0 Å². The molecule has 0 amide bonds. The molecule has 0 fully saturated rings. The Labute approximate surface area is 124 Å². The highest BCUT2D eigenvalue weighted by Crippen LogP contribution is 2.08. The Bertz CT molecular complexity index is 622. The lowest BCUT2D eigenvalue weighted by Gasteiger charge is -2.17. The van der Waals surface area contributed by atoms with Crippen LogP contribution in [0.2, 0.25) is 0 Å². The molecular weight excluding hydrogens is 270 g/mol. The molecule has 0 aliphatic heterocycles. The Morgan fingerprint density at radius 2 is 1.95 bits per heavy atom. The van der Waals surface area contributed by atoms with Gasteiger partial charge in [0.1, 0.15) is 5.82 Å². The van der Waals surface area contributed by atoms with Gasteiger partial charge in [-0.05, 0) is 37.7 Å². The second-order valence-electron chi connectivity index (χ2n) is 5.17. The molecule has 2 N–H and O–H groups in total. The third-order valence-electron chi connectivity index (χ3n) is 3.17. The molecule has 0 bridgehead atoms. The fourth-order valence-electron chi connectivity index (χ4n) is 2.22. The normalized spacial score (nSPS) is 11.0. The molecule has 1 heterocycles. The summed E-state index contributed by atoms with van der Waals surface area (Å²) in [5.41, 5.74) is 2.64. The molecule has 4 nitrogen and oxygen atoms in total. The van der Waals surface area contributed by atoms with E-state index in [-0.39, 0.29) is 5.46 Å². The molecule has 21 heavy (non-hydrogen) atoms. The van der Waals surface area contributed by atoms with Crippen LogP contribution in [0.15, 0.2) is 36.4 Å². The van der Waals surface area contributed by atoms with E-state index >= 15 is 0 Å². The molecule has 2 aromatic rings. The van der Waals surface area contributed by atoms with Crippen molar-refractivity contribution in [1.82, 2.24) is 9.88 Å². The SMILES string of the molecule is Cc1cccc(CN(C)Cc2ccc(F)c(B(O)O)c2)n1. The van der Waals surface area contributed by atoms with Crippen molar-refractivity contribution in [3.8, 4) is 0 Å². The number of hydrogen-bond acceptors (Lipinski definition) is 4. The van der Waals surface area contributed by atoms with Gasteiger partial charge < -0.3 is 10.0 Å². The summed E-state index contributed by atoms with van der Waals surface area (Å²) in [5, 5.41) is 18.2. The van der Waals surface area contributed by atoms with Crippen molar-refractivity contribution >= 4 is 12.6 Å². The number of rotatable bonds is 5. The van der Waals surface area contributed by atoms with Crippen LogP contribution in [0.25, 0.3) is 0 Å². The Morgan fingerprint density at radius 3 is 2.62 bits per heavy atom. The van der Waals surface area contributed by atoms with E-state index in [1.54, 1.807) is 6.07 Å². The van der Waals surface area contributed by atoms with Gasteiger partial charge in [-0.1, -0.05) is 18.2 Å². The van der Waals surface area contributed by atoms with Crippen molar-refractivity contribution in [2.24, 2.45) is 0 Å². The zero-order chi connectivity index (χ0) is 15.4. The van der Waals surface area contributed by atoms with Gasteiger partial charge in [0, 0.05) is 24.2 Å². The van der Waals surface area contributed by atoms with Crippen molar-refractivity contribution in [1.29, 1.82) is 0 Å². The highest BCUT2D eigenvalue weighted by atomic mass is 19.1. The first-order valence-electron chi connectivity index (χ1n) is 6.71. The van der Waals surface area contributed by atoms with Gasteiger partial charge >= 0.3 is 7.12 Å². The quantitative estimate of drug-likeness (QED) is 0.801. The van der Waals surface area contributed by atoms with E-state index < -0.39 is 12.9 Å². The highest BCUT2D eigenvalue weighted by Gasteiger charge is 2.17. The summed E-state index contributed by atoms with van der Waals surface area (Å²) in [6.07, 6.45) is 0. The van der Waals surface area contributed by atoms with Crippen LogP contribution in [-0.2, 0) is 13.1 Å². The Balaban J connectivity index is 2.06. The molecule has 0 saturated heterocycles. The topological polar surface area (TPSA) is 56.6 Å². The van der Waals surface area contributed by atoms with Crippen LogP contribution in [0.5, 0.6) is 0 Å². The molecule has 1 aromatic heterocycles. The third kappa shape index (κ3) is 4.36. The van der Waals surface area contributed by atoms with Crippen molar-refractivity contribution in [3.63, 3.8) is 0 Å².